The number of likely N-dealkylation sites (tertiary alicyclic amines) is 1. The van der Waals surface area contributed by atoms with E-state index in [4.69, 9.17) is 5.73 Å². The fraction of sp³-hybridized carbons (Fsp3) is 0.615. The highest BCUT2D eigenvalue weighted by Gasteiger charge is 2.41. The average Bonchev–Trinajstić information content (AvgIpc) is 3.05. The van der Waals surface area contributed by atoms with Gasteiger partial charge in [-0.1, -0.05) is 6.07 Å². The number of hydrogen-bond acceptors (Lipinski definition) is 3. The van der Waals surface area contributed by atoms with Gasteiger partial charge in [-0.3, -0.25) is 9.88 Å². The molecule has 0 amide bonds. The molecular formula is C13H19N3. The Hall–Kier alpha value is -0.930. The molecule has 0 bridgehead atoms. The van der Waals surface area contributed by atoms with Crippen LogP contribution in [0.3, 0.4) is 0 Å². The Bertz CT molecular complexity index is 369. The van der Waals surface area contributed by atoms with Crippen LogP contribution in [0.15, 0.2) is 18.3 Å². The van der Waals surface area contributed by atoms with E-state index in [1.807, 2.05) is 13.1 Å². The van der Waals surface area contributed by atoms with Crippen LogP contribution in [0.1, 0.15) is 36.6 Å². The van der Waals surface area contributed by atoms with Crippen LogP contribution < -0.4 is 5.73 Å². The van der Waals surface area contributed by atoms with Gasteiger partial charge in [0.15, 0.2) is 0 Å². The van der Waals surface area contributed by atoms with E-state index < -0.39 is 0 Å². The smallest absolute Gasteiger partial charge is 0.0517 e. The molecule has 0 spiro atoms. The van der Waals surface area contributed by atoms with E-state index in [-0.39, 0.29) is 6.04 Å². The van der Waals surface area contributed by atoms with E-state index in [2.05, 4.69) is 22.0 Å². The van der Waals surface area contributed by atoms with Crippen molar-refractivity contribution in [1.29, 1.82) is 0 Å². The number of nitrogens with two attached hydrogens (primary N) is 1. The van der Waals surface area contributed by atoms with Gasteiger partial charge >= 0.3 is 0 Å². The number of nitrogens with zero attached hydrogens (tertiary/aromatic N) is 2. The van der Waals surface area contributed by atoms with Crippen molar-refractivity contribution in [3.8, 4) is 0 Å². The molecule has 1 aromatic rings. The lowest BCUT2D eigenvalue weighted by atomic mass is 10.0. The Morgan fingerprint density at radius 3 is 2.75 bits per heavy atom. The molecule has 3 heteroatoms. The van der Waals surface area contributed by atoms with Gasteiger partial charge in [-0.15, -0.1) is 0 Å². The van der Waals surface area contributed by atoms with Crippen molar-refractivity contribution in [2.24, 2.45) is 5.73 Å². The molecule has 16 heavy (non-hydrogen) atoms. The van der Waals surface area contributed by atoms with Gasteiger partial charge in [0.2, 0.25) is 0 Å². The zero-order valence-corrected chi connectivity index (χ0v) is 9.76. The van der Waals surface area contributed by atoms with Gasteiger partial charge in [-0.2, -0.15) is 0 Å². The fourth-order valence-corrected chi connectivity index (χ4v) is 2.75. The lowest BCUT2D eigenvalue weighted by molar-refractivity contribution is 0.237. The molecule has 1 saturated carbocycles. The predicted octanol–water partition coefficient (Wildman–Crippen LogP) is 1.63. The minimum atomic E-state index is 0.283. The summed E-state index contributed by atoms with van der Waals surface area (Å²) in [7, 11) is 0. The summed E-state index contributed by atoms with van der Waals surface area (Å²) in [5.74, 6) is 0. The van der Waals surface area contributed by atoms with Crippen LogP contribution in [0.25, 0.3) is 0 Å². The van der Waals surface area contributed by atoms with Gasteiger partial charge in [0.05, 0.1) is 6.04 Å². The number of rotatable bonds is 2. The minimum Gasteiger partial charge on any atom is -0.326 e. The molecule has 2 heterocycles. The summed E-state index contributed by atoms with van der Waals surface area (Å²) < 4.78 is 0. The average molecular weight is 217 g/mol. The maximum Gasteiger partial charge on any atom is 0.0517 e. The molecule has 1 aliphatic carbocycles. The Morgan fingerprint density at radius 2 is 2.12 bits per heavy atom. The third-order valence-corrected chi connectivity index (χ3v) is 3.78. The number of aromatic nitrogens is 1. The number of pyridine rings is 1. The van der Waals surface area contributed by atoms with Crippen LogP contribution in [0, 0.1) is 6.92 Å². The Balaban J connectivity index is 1.87. The first-order chi connectivity index (χ1) is 7.75. The second-order valence-corrected chi connectivity index (χ2v) is 5.10. The summed E-state index contributed by atoms with van der Waals surface area (Å²) in [6.45, 7) is 3.18. The van der Waals surface area contributed by atoms with Crippen molar-refractivity contribution in [3.63, 3.8) is 0 Å². The van der Waals surface area contributed by atoms with Gasteiger partial charge in [-0.25, -0.2) is 0 Å². The monoisotopic (exact) mass is 217 g/mol. The SMILES string of the molecule is Cc1ccc(C2C(N)CCN2C2CC2)cn1. The third-order valence-electron chi connectivity index (χ3n) is 3.78. The molecule has 2 unspecified atom stereocenters. The van der Waals surface area contributed by atoms with Crippen LogP contribution in [-0.4, -0.2) is 28.5 Å². The van der Waals surface area contributed by atoms with E-state index in [1.165, 1.54) is 18.4 Å². The zero-order chi connectivity index (χ0) is 11.1. The molecule has 1 aliphatic heterocycles. The van der Waals surface area contributed by atoms with E-state index in [1.54, 1.807) is 0 Å². The fourth-order valence-electron chi connectivity index (χ4n) is 2.75. The highest BCUT2D eigenvalue weighted by molar-refractivity contribution is 5.21. The molecule has 2 aliphatic rings. The maximum absolute atomic E-state index is 6.24. The first kappa shape index (κ1) is 10.2. The van der Waals surface area contributed by atoms with Gasteiger partial charge in [0.1, 0.15) is 0 Å². The van der Waals surface area contributed by atoms with Gasteiger partial charge in [-0.05, 0) is 37.8 Å². The molecule has 3 nitrogen and oxygen atoms in total. The second kappa shape index (κ2) is 3.82. The molecule has 2 fully saturated rings. The number of hydrogen-bond donors (Lipinski definition) is 1. The largest absolute Gasteiger partial charge is 0.326 e. The highest BCUT2D eigenvalue weighted by Crippen LogP contribution is 2.40. The maximum atomic E-state index is 6.24. The Kier molecular flexibility index (Phi) is 2.45. The summed E-state index contributed by atoms with van der Waals surface area (Å²) in [5.41, 5.74) is 8.61. The summed E-state index contributed by atoms with van der Waals surface area (Å²) in [5, 5.41) is 0. The molecule has 2 atom stereocenters. The van der Waals surface area contributed by atoms with E-state index in [9.17, 15) is 0 Å². The van der Waals surface area contributed by atoms with Crippen LogP contribution in [0.4, 0.5) is 0 Å². The van der Waals surface area contributed by atoms with E-state index >= 15 is 0 Å². The minimum absolute atomic E-state index is 0.283. The van der Waals surface area contributed by atoms with Gasteiger partial charge in [0, 0.05) is 30.5 Å². The lowest BCUT2D eigenvalue weighted by Crippen LogP contribution is -2.33. The Morgan fingerprint density at radius 1 is 1.31 bits per heavy atom. The lowest BCUT2D eigenvalue weighted by Gasteiger charge is -2.26. The molecule has 0 aromatic carbocycles. The molecule has 1 saturated heterocycles. The first-order valence-corrected chi connectivity index (χ1v) is 6.19. The second-order valence-electron chi connectivity index (χ2n) is 5.10. The van der Waals surface area contributed by atoms with Crippen molar-refractivity contribution in [1.82, 2.24) is 9.88 Å². The van der Waals surface area contributed by atoms with E-state index in [0.29, 0.717) is 6.04 Å². The summed E-state index contributed by atoms with van der Waals surface area (Å²) in [4.78, 5) is 6.97. The van der Waals surface area contributed by atoms with Crippen LogP contribution >= 0.6 is 0 Å². The van der Waals surface area contributed by atoms with Crippen molar-refractivity contribution >= 4 is 0 Å². The third kappa shape index (κ3) is 1.74. The summed E-state index contributed by atoms with van der Waals surface area (Å²) >= 11 is 0. The van der Waals surface area contributed by atoms with Gasteiger partial charge < -0.3 is 5.73 Å². The van der Waals surface area contributed by atoms with E-state index in [0.717, 1.165) is 24.7 Å². The summed E-state index contributed by atoms with van der Waals surface area (Å²) in [6, 6.07) is 5.75. The van der Waals surface area contributed by atoms with Crippen LogP contribution in [0.2, 0.25) is 0 Å². The van der Waals surface area contributed by atoms with Crippen molar-refractivity contribution < 1.29 is 0 Å². The van der Waals surface area contributed by atoms with Crippen molar-refractivity contribution in [3.05, 3.63) is 29.6 Å². The molecule has 2 N–H and O–H groups in total. The van der Waals surface area contributed by atoms with Crippen LogP contribution in [-0.2, 0) is 0 Å². The Labute approximate surface area is 96.7 Å². The molecule has 3 rings (SSSR count). The highest BCUT2D eigenvalue weighted by atomic mass is 15.2. The van der Waals surface area contributed by atoms with Crippen molar-refractivity contribution in [2.45, 2.75) is 44.3 Å². The topological polar surface area (TPSA) is 42.1 Å². The summed E-state index contributed by atoms with van der Waals surface area (Å²) in [6.07, 6.45) is 5.82. The molecule has 1 aromatic heterocycles. The molecular weight excluding hydrogens is 198 g/mol. The molecule has 0 radical (unpaired) electrons. The predicted molar refractivity (Wildman–Crippen MR) is 64.0 cm³/mol. The normalized spacial score (nSPS) is 30.9. The quantitative estimate of drug-likeness (QED) is 0.818. The molecule has 86 valence electrons. The van der Waals surface area contributed by atoms with Crippen molar-refractivity contribution in [2.75, 3.05) is 6.54 Å². The zero-order valence-electron chi connectivity index (χ0n) is 9.76. The van der Waals surface area contributed by atoms with Crippen LogP contribution in [0.5, 0.6) is 0 Å². The van der Waals surface area contributed by atoms with Gasteiger partial charge in [0.25, 0.3) is 0 Å². The number of aryl methyl sites for hydroxylation is 1. The first-order valence-electron chi connectivity index (χ1n) is 6.19. The standard InChI is InChI=1S/C13H19N3/c1-9-2-3-10(8-15-9)13-12(14)6-7-16(13)11-4-5-11/h2-3,8,11-13H,4-7,14H2,1H3.